The summed E-state index contributed by atoms with van der Waals surface area (Å²) in [5, 5.41) is 3.17. The summed E-state index contributed by atoms with van der Waals surface area (Å²) in [5.74, 6) is 0.247. The van der Waals surface area contributed by atoms with E-state index in [0.717, 1.165) is 95.7 Å². The Balaban J connectivity index is 0.997. The first-order valence-electron chi connectivity index (χ1n) is 18.6. The summed E-state index contributed by atoms with van der Waals surface area (Å²) in [6, 6.07) is 19.9. The van der Waals surface area contributed by atoms with Crippen LogP contribution in [0.1, 0.15) is 54.4 Å². The molecule has 12 heteroatoms. The Morgan fingerprint density at radius 1 is 0.885 bits per heavy atom. The van der Waals surface area contributed by atoms with Crippen molar-refractivity contribution < 1.29 is 27.1 Å². The maximum absolute atomic E-state index is 15.0. The Morgan fingerprint density at radius 2 is 1.56 bits per heavy atom. The number of rotatable bonds is 12. The van der Waals surface area contributed by atoms with Gasteiger partial charge in [0.1, 0.15) is 5.82 Å². The highest BCUT2D eigenvalue weighted by Crippen LogP contribution is 2.51. The number of sulfone groups is 1. The molecule has 3 aromatic carbocycles. The standard InChI is InChI=1S/C40H50FN5O5S/c1-51-39(48)43-37-8-3-7-36(37)40(27-45-19-4-20-45,31-5-2-6-32(41)23-31)30-17-21-44(22-18-30)24-28-25-46(26-28)33-11-15-35(16-12-33)52(49,50)34-13-9-29(10-14-34)38(42)47/h2,5-6,9-16,23,28,30,36-37H,3-4,7-8,17-22,24-27H2,1H3,(H2,42,47)(H,43,48)/t36-,37-,40?/m0/s1. The number of primary amides is 1. The number of alkyl carbamates (subject to hydrolysis) is 1. The van der Waals surface area contributed by atoms with Gasteiger partial charge in [-0.05, 0) is 136 Å². The van der Waals surface area contributed by atoms with Gasteiger partial charge in [0.2, 0.25) is 15.7 Å². The number of ether oxygens (including phenoxy) is 1. The van der Waals surface area contributed by atoms with Crippen LogP contribution < -0.4 is 16.0 Å². The van der Waals surface area contributed by atoms with Gasteiger partial charge in [-0.3, -0.25) is 4.79 Å². The molecule has 3 saturated heterocycles. The van der Waals surface area contributed by atoms with Crippen LogP contribution in [0.3, 0.4) is 0 Å². The molecule has 3 aromatic rings. The van der Waals surface area contributed by atoms with E-state index in [1.807, 2.05) is 18.2 Å². The normalized spacial score (nSPS) is 23.0. The van der Waals surface area contributed by atoms with Gasteiger partial charge in [0.05, 0.1) is 16.9 Å². The first-order valence-corrected chi connectivity index (χ1v) is 20.1. The fourth-order valence-corrected chi connectivity index (χ4v) is 10.7. The van der Waals surface area contributed by atoms with Crippen LogP contribution in [0.15, 0.2) is 82.6 Å². The molecule has 0 radical (unpaired) electrons. The largest absolute Gasteiger partial charge is 0.453 e. The van der Waals surface area contributed by atoms with Gasteiger partial charge in [0, 0.05) is 54.8 Å². The zero-order chi connectivity index (χ0) is 36.5. The van der Waals surface area contributed by atoms with E-state index in [1.165, 1.54) is 43.9 Å². The number of likely N-dealkylation sites (tertiary alicyclic amines) is 2. The van der Waals surface area contributed by atoms with Gasteiger partial charge in [0.15, 0.2) is 0 Å². The second-order valence-electron chi connectivity index (χ2n) is 15.2. The number of nitrogens with zero attached hydrogens (tertiary/aromatic N) is 3. The first-order chi connectivity index (χ1) is 25.1. The summed E-state index contributed by atoms with van der Waals surface area (Å²) in [7, 11) is -2.31. The van der Waals surface area contributed by atoms with Crippen molar-refractivity contribution in [3.63, 3.8) is 0 Å². The summed E-state index contributed by atoms with van der Waals surface area (Å²) in [5.41, 5.74) is 7.34. The molecule has 52 heavy (non-hydrogen) atoms. The minimum atomic E-state index is -3.72. The highest BCUT2D eigenvalue weighted by atomic mass is 32.2. The Hall–Kier alpha value is -4.00. The van der Waals surface area contributed by atoms with Crippen LogP contribution in [0, 0.1) is 23.6 Å². The van der Waals surface area contributed by atoms with E-state index in [1.54, 1.807) is 18.2 Å². The summed E-state index contributed by atoms with van der Waals surface area (Å²) < 4.78 is 46.4. The highest BCUT2D eigenvalue weighted by molar-refractivity contribution is 7.91. The number of hydrogen-bond acceptors (Lipinski definition) is 8. The zero-order valence-electron chi connectivity index (χ0n) is 29.9. The molecule has 3 aliphatic heterocycles. The van der Waals surface area contributed by atoms with E-state index >= 15 is 0 Å². The Labute approximate surface area is 306 Å². The number of hydrogen-bond donors (Lipinski definition) is 2. The Kier molecular flexibility index (Phi) is 10.6. The lowest BCUT2D eigenvalue weighted by atomic mass is 9.57. The number of halogens is 1. The van der Waals surface area contributed by atoms with E-state index in [9.17, 15) is 22.4 Å². The van der Waals surface area contributed by atoms with Crippen LogP contribution in [0.5, 0.6) is 0 Å². The predicted molar refractivity (Wildman–Crippen MR) is 198 cm³/mol. The lowest BCUT2D eigenvalue weighted by Gasteiger charge is -2.54. The summed E-state index contributed by atoms with van der Waals surface area (Å²) in [4.78, 5) is 31.6. The molecule has 3 heterocycles. The smallest absolute Gasteiger partial charge is 0.407 e. The molecule has 0 spiro atoms. The average Bonchev–Trinajstić information content (AvgIpc) is 3.58. The molecule has 7 rings (SSSR count). The average molecular weight is 732 g/mol. The highest BCUT2D eigenvalue weighted by Gasteiger charge is 2.53. The number of benzene rings is 3. The fraction of sp³-hybridized carbons (Fsp3) is 0.500. The molecule has 0 bridgehead atoms. The van der Waals surface area contributed by atoms with Crippen LogP contribution in [0.2, 0.25) is 0 Å². The van der Waals surface area contributed by atoms with Gasteiger partial charge in [-0.15, -0.1) is 0 Å². The molecular formula is C40H50FN5O5S. The van der Waals surface area contributed by atoms with Crippen LogP contribution in [0.4, 0.5) is 14.9 Å². The number of methoxy groups -OCH3 is 1. The third-order valence-electron chi connectivity index (χ3n) is 12.2. The number of nitrogens with one attached hydrogen (secondary N) is 1. The molecule has 0 aromatic heterocycles. The molecule has 1 aliphatic carbocycles. The van der Waals surface area contributed by atoms with Gasteiger partial charge in [-0.25, -0.2) is 17.6 Å². The third kappa shape index (κ3) is 7.30. The van der Waals surface area contributed by atoms with Crippen LogP contribution in [-0.2, 0) is 20.0 Å². The van der Waals surface area contributed by atoms with Gasteiger partial charge in [0.25, 0.3) is 0 Å². The lowest BCUT2D eigenvalue weighted by Crippen LogP contribution is -2.60. The molecule has 2 amide bonds. The fourth-order valence-electron chi connectivity index (χ4n) is 9.40. The summed E-state index contributed by atoms with van der Waals surface area (Å²) in [6.07, 6.45) is 5.74. The van der Waals surface area contributed by atoms with Gasteiger partial charge >= 0.3 is 6.09 Å². The molecule has 4 fully saturated rings. The maximum Gasteiger partial charge on any atom is 0.407 e. The quantitative estimate of drug-likeness (QED) is 0.265. The minimum Gasteiger partial charge on any atom is -0.453 e. The van der Waals surface area contributed by atoms with Crippen molar-refractivity contribution in [1.82, 2.24) is 15.1 Å². The molecule has 3 N–H and O–H groups in total. The second-order valence-corrected chi connectivity index (χ2v) is 17.1. The van der Waals surface area contributed by atoms with Gasteiger partial charge in [-0.1, -0.05) is 18.6 Å². The number of anilines is 1. The number of amides is 2. The van der Waals surface area contributed by atoms with Crippen molar-refractivity contribution in [2.24, 2.45) is 23.5 Å². The first kappa shape index (κ1) is 36.4. The molecule has 3 atom stereocenters. The summed E-state index contributed by atoms with van der Waals surface area (Å²) in [6.45, 7) is 7.77. The predicted octanol–water partition coefficient (Wildman–Crippen LogP) is 5.07. The molecule has 1 unspecified atom stereocenters. The van der Waals surface area contributed by atoms with Crippen LogP contribution in [-0.4, -0.2) is 95.7 Å². The van der Waals surface area contributed by atoms with Crippen molar-refractivity contribution in [3.05, 3.63) is 89.7 Å². The molecule has 1 saturated carbocycles. The van der Waals surface area contributed by atoms with E-state index in [-0.39, 0.29) is 38.5 Å². The van der Waals surface area contributed by atoms with E-state index in [4.69, 9.17) is 10.5 Å². The Morgan fingerprint density at radius 3 is 2.15 bits per heavy atom. The van der Waals surface area contributed by atoms with E-state index < -0.39 is 21.8 Å². The SMILES string of the molecule is COC(=O)N[C@H]1CCC[C@@H]1C(CN1CCC1)(c1cccc(F)c1)C1CCN(CC2CN(c3ccc(S(=O)(=O)c4ccc(C(N)=O)cc4)cc3)C2)CC1. The number of nitrogens with two attached hydrogens (primary N) is 1. The monoisotopic (exact) mass is 731 g/mol. The van der Waals surface area contributed by atoms with Crippen LogP contribution in [0.25, 0.3) is 0 Å². The zero-order valence-corrected chi connectivity index (χ0v) is 30.7. The Bertz CT molecular complexity index is 1840. The van der Waals surface area contributed by atoms with Crippen molar-refractivity contribution in [2.45, 2.75) is 59.8 Å². The van der Waals surface area contributed by atoms with Gasteiger partial charge in [-0.2, -0.15) is 0 Å². The van der Waals surface area contributed by atoms with Crippen molar-refractivity contribution in [2.75, 3.05) is 64.4 Å². The lowest BCUT2D eigenvalue weighted by molar-refractivity contribution is 0.0223. The molecular weight excluding hydrogens is 682 g/mol. The number of piperidine rings is 1. The second kappa shape index (κ2) is 15.2. The number of carbonyl (C=O) groups excluding carboxylic acids is 2. The van der Waals surface area contributed by atoms with Gasteiger partial charge < -0.3 is 30.5 Å². The summed E-state index contributed by atoms with van der Waals surface area (Å²) >= 11 is 0. The van der Waals surface area contributed by atoms with Crippen molar-refractivity contribution in [3.8, 4) is 0 Å². The third-order valence-corrected chi connectivity index (χ3v) is 14.0. The molecule has 10 nitrogen and oxygen atoms in total. The molecule has 4 aliphatic rings. The number of carbonyl (C=O) groups is 2. The van der Waals surface area contributed by atoms with E-state index in [2.05, 4.69) is 26.1 Å². The van der Waals surface area contributed by atoms with Crippen molar-refractivity contribution in [1.29, 1.82) is 0 Å². The topological polar surface area (TPSA) is 125 Å². The minimum absolute atomic E-state index is 0.0139. The van der Waals surface area contributed by atoms with E-state index in [0.29, 0.717) is 11.8 Å². The van der Waals surface area contributed by atoms with Crippen LogP contribution >= 0.6 is 0 Å². The maximum atomic E-state index is 15.0. The van der Waals surface area contributed by atoms with Crippen molar-refractivity contribution >= 4 is 27.5 Å². The molecule has 278 valence electrons.